The van der Waals surface area contributed by atoms with Crippen LogP contribution in [0, 0.1) is 0 Å². The van der Waals surface area contributed by atoms with Gasteiger partial charge in [0, 0.05) is 17.7 Å². The number of carbonyl (C=O) groups is 4. The van der Waals surface area contributed by atoms with Crippen molar-refractivity contribution in [2.45, 2.75) is 45.3 Å². The highest BCUT2D eigenvalue weighted by molar-refractivity contribution is 5.97. The highest BCUT2D eigenvalue weighted by Crippen LogP contribution is 2.17. The highest BCUT2D eigenvalue weighted by Gasteiger charge is 2.25. The van der Waals surface area contributed by atoms with Gasteiger partial charge in [0.1, 0.15) is 17.4 Å². The van der Waals surface area contributed by atoms with Crippen LogP contribution in [0.3, 0.4) is 0 Å². The minimum atomic E-state index is -1.02. The van der Waals surface area contributed by atoms with Crippen molar-refractivity contribution in [3.63, 3.8) is 0 Å². The number of rotatable bonds is 10. The molecule has 0 fully saturated rings. The number of alkyl carbamates (subject to hydrolysis) is 1. The Balaban J connectivity index is 1.83. The number of ether oxygens (including phenoxy) is 3. The van der Waals surface area contributed by atoms with Crippen LogP contribution in [0.1, 0.15) is 44.0 Å². The van der Waals surface area contributed by atoms with Gasteiger partial charge < -0.3 is 24.8 Å². The lowest BCUT2D eigenvalue weighted by Gasteiger charge is -2.22. The van der Waals surface area contributed by atoms with Gasteiger partial charge in [-0.25, -0.2) is 9.59 Å². The first-order valence-corrected chi connectivity index (χ1v) is 10.8. The quantitative estimate of drug-likeness (QED) is 0.401. The van der Waals surface area contributed by atoms with Crippen molar-refractivity contribution in [1.29, 1.82) is 0 Å². The van der Waals surface area contributed by atoms with E-state index in [2.05, 4.69) is 10.6 Å². The molecule has 0 aliphatic heterocycles. The van der Waals surface area contributed by atoms with Crippen molar-refractivity contribution >= 4 is 29.4 Å². The summed E-state index contributed by atoms with van der Waals surface area (Å²) < 4.78 is 15.3. The molecule has 0 aliphatic carbocycles. The Kier molecular flexibility index (Phi) is 9.61. The number of carbonyl (C=O) groups excluding carboxylic acids is 4. The Labute approximate surface area is 198 Å². The highest BCUT2D eigenvalue weighted by atomic mass is 16.6. The van der Waals surface area contributed by atoms with Crippen molar-refractivity contribution in [3.05, 3.63) is 60.2 Å². The number of amides is 2. The molecular formula is C25H30N2O7. The summed E-state index contributed by atoms with van der Waals surface area (Å²) in [6.07, 6.45) is -0.787. The van der Waals surface area contributed by atoms with Gasteiger partial charge >= 0.3 is 12.1 Å². The van der Waals surface area contributed by atoms with Gasteiger partial charge in [-0.05, 0) is 51.5 Å². The first-order valence-electron chi connectivity index (χ1n) is 10.8. The maximum atomic E-state index is 12.3. The van der Waals surface area contributed by atoms with E-state index in [-0.39, 0.29) is 31.1 Å². The maximum Gasteiger partial charge on any atom is 0.408 e. The maximum absolute atomic E-state index is 12.3. The molecule has 1 unspecified atom stereocenters. The summed E-state index contributed by atoms with van der Waals surface area (Å²) in [6.45, 7) is 5.00. The summed E-state index contributed by atoms with van der Waals surface area (Å²) in [5.74, 6) is -0.689. The summed E-state index contributed by atoms with van der Waals surface area (Å²) in [7, 11) is 1.20. The van der Waals surface area contributed by atoms with Crippen LogP contribution in [0.15, 0.2) is 54.6 Å². The molecular weight excluding hydrogens is 440 g/mol. The molecule has 2 rings (SSSR count). The van der Waals surface area contributed by atoms with Gasteiger partial charge in [-0.1, -0.05) is 30.3 Å². The SMILES string of the molecule is COC(=O)C(CCC(=O)Nc1ccc(OCC(=O)c2ccccc2)cc1)NC(=O)OC(C)(C)C. The third-order valence-electron chi connectivity index (χ3n) is 4.44. The number of hydrogen-bond donors (Lipinski definition) is 2. The van der Waals surface area contributed by atoms with E-state index >= 15 is 0 Å². The molecule has 0 aliphatic rings. The lowest BCUT2D eigenvalue weighted by Crippen LogP contribution is -2.44. The standard InChI is InChI=1S/C25H30N2O7/c1-25(2,3)34-24(31)27-20(23(30)32-4)14-15-22(29)26-18-10-12-19(13-11-18)33-16-21(28)17-8-6-5-7-9-17/h5-13,20H,14-16H2,1-4H3,(H,26,29)(H,27,31). The zero-order chi connectivity index (χ0) is 25.1. The van der Waals surface area contributed by atoms with E-state index < -0.39 is 23.7 Å². The first-order chi connectivity index (χ1) is 16.1. The monoisotopic (exact) mass is 470 g/mol. The fourth-order valence-electron chi connectivity index (χ4n) is 2.83. The number of esters is 1. The van der Waals surface area contributed by atoms with Gasteiger partial charge in [-0.2, -0.15) is 0 Å². The van der Waals surface area contributed by atoms with Crippen LogP contribution in [0.5, 0.6) is 5.75 Å². The average molecular weight is 471 g/mol. The van der Waals surface area contributed by atoms with E-state index in [4.69, 9.17) is 14.2 Å². The van der Waals surface area contributed by atoms with Crippen LogP contribution in [-0.2, 0) is 19.1 Å². The molecule has 0 bridgehead atoms. The molecule has 0 saturated heterocycles. The Bertz CT molecular complexity index is 983. The number of benzene rings is 2. The summed E-state index contributed by atoms with van der Waals surface area (Å²) in [5, 5.41) is 5.13. The Morgan fingerprint density at radius 1 is 0.941 bits per heavy atom. The van der Waals surface area contributed by atoms with Crippen molar-refractivity contribution in [2.75, 3.05) is 19.0 Å². The summed E-state index contributed by atoms with van der Waals surface area (Å²) in [4.78, 5) is 48.3. The predicted octanol–water partition coefficient (Wildman–Crippen LogP) is 3.73. The van der Waals surface area contributed by atoms with Crippen LogP contribution in [0.25, 0.3) is 0 Å². The third kappa shape index (κ3) is 9.32. The lowest BCUT2D eigenvalue weighted by molar-refractivity contribution is -0.143. The molecule has 0 aromatic heterocycles. The van der Waals surface area contributed by atoms with Crippen molar-refractivity contribution in [1.82, 2.24) is 5.32 Å². The number of methoxy groups -OCH3 is 1. The van der Waals surface area contributed by atoms with Crippen LogP contribution in [0.4, 0.5) is 10.5 Å². The van der Waals surface area contributed by atoms with Crippen molar-refractivity contribution in [2.24, 2.45) is 0 Å². The smallest absolute Gasteiger partial charge is 0.408 e. The fourth-order valence-corrected chi connectivity index (χ4v) is 2.83. The van der Waals surface area contributed by atoms with Crippen LogP contribution in [0.2, 0.25) is 0 Å². The zero-order valence-corrected chi connectivity index (χ0v) is 19.8. The molecule has 9 heteroatoms. The Hall–Kier alpha value is -3.88. The molecule has 2 aromatic carbocycles. The second kappa shape index (κ2) is 12.4. The van der Waals surface area contributed by atoms with Crippen LogP contribution < -0.4 is 15.4 Å². The Morgan fingerprint density at radius 3 is 2.18 bits per heavy atom. The summed E-state index contributed by atoms with van der Waals surface area (Å²) in [6, 6.07) is 14.4. The lowest BCUT2D eigenvalue weighted by atomic mass is 10.1. The number of ketones is 1. The van der Waals surface area contributed by atoms with Gasteiger partial charge in [-0.15, -0.1) is 0 Å². The van der Waals surface area contributed by atoms with Crippen LogP contribution >= 0.6 is 0 Å². The van der Waals surface area contributed by atoms with E-state index in [0.717, 1.165) is 0 Å². The predicted molar refractivity (Wildman–Crippen MR) is 126 cm³/mol. The molecule has 34 heavy (non-hydrogen) atoms. The van der Waals surface area contributed by atoms with E-state index in [1.807, 2.05) is 6.07 Å². The minimum absolute atomic E-state index is 0.0283. The topological polar surface area (TPSA) is 120 Å². The average Bonchev–Trinajstić information content (AvgIpc) is 2.80. The molecule has 2 N–H and O–H groups in total. The normalized spacial score (nSPS) is 11.6. The van der Waals surface area contributed by atoms with Gasteiger partial charge in [-0.3, -0.25) is 9.59 Å². The molecule has 0 radical (unpaired) electrons. The summed E-state index contributed by atoms with van der Waals surface area (Å²) >= 11 is 0. The number of anilines is 1. The Morgan fingerprint density at radius 2 is 1.59 bits per heavy atom. The van der Waals surface area contributed by atoms with Gasteiger partial charge in [0.25, 0.3) is 0 Å². The van der Waals surface area contributed by atoms with E-state index in [1.165, 1.54) is 7.11 Å². The molecule has 0 spiro atoms. The van der Waals surface area contributed by atoms with Gasteiger partial charge in [0.05, 0.1) is 7.11 Å². The molecule has 2 aromatic rings. The second-order valence-corrected chi connectivity index (χ2v) is 8.41. The zero-order valence-electron chi connectivity index (χ0n) is 19.8. The van der Waals surface area contributed by atoms with E-state index in [1.54, 1.807) is 69.3 Å². The first kappa shape index (κ1) is 26.4. The largest absolute Gasteiger partial charge is 0.485 e. The molecule has 0 heterocycles. The van der Waals surface area contributed by atoms with Crippen molar-refractivity contribution < 1.29 is 33.4 Å². The molecule has 182 valence electrons. The molecule has 9 nitrogen and oxygen atoms in total. The van der Waals surface area contributed by atoms with Gasteiger partial charge in [0.15, 0.2) is 12.4 Å². The molecule has 0 saturated carbocycles. The fraction of sp³-hybridized carbons (Fsp3) is 0.360. The van der Waals surface area contributed by atoms with E-state index in [0.29, 0.717) is 17.0 Å². The molecule has 1 atom stereocenters. The number of nitrogens with one attached hydrogen (secondary N) is 2. The third-order valence-corrected chi connectivity index (χ3v) is 4.44. The van der Waals surface area contributed by atoms with Crippen molar-refractivity contribution in [3.8, 4) is 5.75 Å². The minimum Gasteiger partial charge on any atom is -0.485 e. The van der Waals surface area contributed by atoms with E-state index in [9.17, 15) is 19.2 Å². The number of Topliss-reactive ketones (excluding diaryl/α,β-unsaturated/α-hetero) is 1. The molecule has 2 amide bonds. The summed E-state index contributed by atoms with van der Waals surface area (Å²) in [5.41, 5.74) is 0.353. The number of hydrogen-bond acceptors (Lipinski definition) is 7. The second-order valence-electron chi connectivity index (χ2n) is 8.41. The van der Waals surface area contributed by atoms with Gasteiger partial charge in [0.2, 0.25) is 5.91 Å². The van der Waals surface area contributed by atoms with Crippen LogP contribution in [-0.4, -0.2) is 49.1 Å².